The van der Waals surface area contributed by atoms with E-state index in [4.69, 9.17) is 4.74 Å². The molecular formula is C19H17F2N3O3. The molecule has 27 heavy (non-hydrogen) atoms. The van der Waals surface area contributed by atoms with Crippen molar-refractivity contribution in [1.82, 2.24) is 4.90 Å². The first-order chi connectivity index (χ1) is 12.9. The lowest BCUT2D eigenvalue weighted by molar-refractivity contribution is -0.110. The number of oxime groups is 1. The molecule has 0 fully saturated rings. The van der Waals surface area contributed by atoms with E-state index in [0.29, 0.717) is 29.8 Å². The van der Waals surface area contributed by atoms with Crippen molar-refractivity contribution in [2.75, 3.05) is 26.0 Å². The number of carbonyl (C=O) groups is 1. The molecule has 0 saturated carbocycles. The summed E-state index contributed by atoms with van der Waals surface area (Å²) in [5.41, 5.74) is 3.40. The molecule has 0 radical (unpaired) electrons. The number of nitrogens with one attached hydrogen (secondary N) is 1. The quantitative estimate of drug-likeness (QED) is 0.627. The Morgan fingerprint density at radius 3 is 2.67 bits per heavy atom. The van der Waals surface area contributed by atoms with E-state index < -0.39 is 17.5 Å². The van der Waals surface area contributed by atoms with Gasteiger partial charge in [-0.3, -0.25) is 4.79 Å². The third-order valence-corrected chi connectivity index (χ3v) is 5.03. The fourth-order valence-electron chi connectivity index (χ4n) is 3.82. The molecule has 0 spiro atoms. The minimum atomic E-state index is -0.806. The van der Waals surface area contributed by atoms with E-state index in [2.05, 4.69) is 15.4 Å². The van der Waals surface area contributed by atoms with Crippen molar-refractivity contribution >= 4 is 17.3 Å². The molecule has 6 nitrogen and oxygen atoms in total. The molecule has 2 aliphatic rings. The van der Waals surface area contributed by atoms with Gasteiger partial charge >= 0.3 is 0 Å². The molecule has 8 heteroatoms. The third-order valence-electron chi connectivity index (χ3n) is 5.03. The Morgan fingerprint density at radius 1 is 1.19 bits per heavy atom. The highest BCUT2D eigenvalue weighted by Gasteiger charge is 2.34. The molecule has 2 aliphatic heterocycles. The number of amides is 1. The van der Waals surface area contributed by atoms with Crippen LogP contribution in [0, 0.1) is 11.6 Å². The first-order valence-electron chi connectivity index (χ1n) is 8.39. The van der Waals surface area contributed by atoms with E-state index in [1.54, 1.807) is 6.07 Å². The van der Waals surface area contributed by atoms with Gasteiger partial charge in [0, 0.05) is 30.3 Å². The Hall–Kier alpha value is -3.00. The van der Waals surface area contributed by atoms with Crippen molar-refractivity contribution in [3.8, 4) is 16.9 Å². The fraction of sp³-hybridized carbons (Fsp3) is 0.263. The minimum absolute atomic E-state index is 0.0720. The summed E-state index contributed by atoms with van der Waals surface area (Å²) in [5, 5.41) is 15.1. The maximum absolute atomic E-state index is 14.3. The van der Waals surface area contributed by atoms with Crippen LogP contribution in [0.3, 0.4) is 0 Å². The molecule has 140 valence electrons. The van der Waals surface area contributed by atoms with Gasteiger partial charge in [0.1, 0.15) is 5.82 Å². The maximum atomic E-state index is 14.3. The molecule has 0 bridgehead atoms. The number of rotatable bonds is 2. The van der Waals surface area contributed by atoms with Gasteiger partial charge in [-0.2, -0.15) is 0 Å². The maximum Gasteiger partial charge on any atom is 0.278 e. The van der Waals surface area contributed by atoms with Gasteiger partial charge in [0.2, 0.25) is 0 Å². The van der Waals surface area contributed by atoms with Crippen molar-refractivity contribution in [3.05, 3.63) is 46.5 Å². The molecule has 2 aromatic carbocycles. The van der Waals surface area contributed by atoms with E-state index in [1.807, 2.05) is 7.05 Å². The number of fused-ring (bicyclic) bond motifs is 3. The number of hydrogen-bond acceptors (Lipinski definition) is 5. The Balaban J connectivity index is 2.05. The van der Waals surface area contributed by atoms with Gasteiger partial charge < -0.3 is 20.2 Å². The zero-order chi connectivity index (χ0) is 19.3. The number of nitrogens with zero attached hydrogens (tertiary/aromatic N) is 2. The Morgan fingerprint density at radius 2 is 1.96 bits per heavy atom. The van der Waals surface area contributed by atoms with Crippen LogP contribution in [0.4, 0.5) is 14.5 Å². The summed E-state index contributed by atoms with van der Waals surface area (Å²) in [5.74, 6) is -2.12. The molecule has 0 aliphatic carbocycles. The van der Waals surface area contributed by atoms with E-state index in [-0.39, 0.29) is 17.0 Å². The van der Waals surface area contributed by atoms with Crippen LogP contribution in [-0.2, 0) is 17.8 Å². The van der Waals surface area contributed by atoms with Gasteiger partial charge in [0.15, 0.2) is 17.3 Å². The number of hydrogen-bond donors (Lipinski definition) is 2. The van der Waals surface area contributed by atoms with Gasteiger partial charge in [-0.25, -0.2) is 8.78 Å². The molecule has 0 unspecified atom stereocenters. The highest BCUT2D eigenvalue weighted by Crippen LogP contribution is 2.43. The lowest BCUT2D eigenvalue weighted by Gasteiger charge is -2.29. The number of carbonyl (C=O) groups excluding carboxylic acids is 1. The third kappa shape index (κ3) is 2.64. The van der Waals surface area contributed by atoms with Crippen LogP contribution in [0.5, 0.6) is 5.75 Å². The highest BCUT2D eigenvalue weighted by molar-refractivity contribution is 6.54. The van der Waals surface area contributed by atoms with Gasteiger partial charge in [0.25, 0.3) is 5.91 Å². The van der Waals surface area contributed by atoms with Crippen molar-refractivity contribution in [2.45, 2.75) is 13.0 Å². The molecule has 2 aromatic rings. The summed E-state index contributed by atoms with van der Waals surface area (Å²) in [6, 6.07) is 3.60. The second-order valence-electron chi connectivity index (χ2n) is 6.66. The summed E-state index contributed by atoms with van der Waals surface area (Å²) in [7, 11) is 3.27. The summed E-state index contributed by atoms with van der Waals surface area (Å²) < 4.78 is 33.4. The van der Waals surface area contributed by atoms with Gasteiger partial charge in [-0.1, -0.05) is 5.16 Å². The van der Waals surface area contributed by atoms with Crippen LogP contribution in [-0.4, -0.2) is 42.4 Å². The Labute approximate surface area is 154 Å². The zero-order valence-corrected chi connectivity index (χ0v) is 14.8. The SMILES string of the molecule is COc1c(F)cc(F)cc1-c1cc2c(c3c1CCN(C)C3)NC(=O)/C2=N/O. The van der Waals surface area contributed by atoms with Crippen molar-refractivity contribution < 1.29 is 23.5 Å². The average Bonchev–Trinajstić information content (AvgIpc) is 2.95. The lowest BCUT2D eigenvalue weighted by atomic mass is 9.86. The first kappa shape index (κ1) is 17.4. The standard InChI is InChI=1S/C19H17F2N3O3/c1-24-4-3-10-11(12-5-9(20)6-15(21)18(12)27-2)7-13-16(14(10)8-24)22-19(25)17(13)23-26/h5-7,26H,3-4,8H2,1-2H3,(H,22,23,25). The molecule has 0 aromatic heterocycles. The molecule has 0 saturated heterocycles. The predicted molar refractivity (Wildman–Crippen MR) is 95.3 cm³/mol. The van der Waals surface area contributed by atoms with Crippen molar-refractivity contribution in [3.63, 3.8) is 0 Å². The molecular weight excluding hydrogens is 356 g/mol. The number of anilines is 1. The van der Waals surface area contributed by atoms with E-state index in [0.717, 1.165) is 23.7 Å². The van der Waals surface area contributed by atoms with Crippen molar-refractivity contribution in [2.24, 2.45) is 5.16 Å². The zero-order valence-electron chi connectivity index (χ0n) is 14.8. The van der Waals surface area contributed by atoms with Crippen LogP contribution in [0.15, 0.2) is 23.4 Å². The largest absolute Gasteiger partial charge is 0.493 e. The van der Waals surface area contributed by atoms with Gasteiger partial charge in [0.05, 0.1) is 12.8 Å². The van der Waals surface area contributed by atoms with Crippen LogP contribution < -0.4 is 10.1 Å². The number of methoxy groups -OCH3 is 1. The smallest absolute Gasteiger partial charge is 0.278 e. The lowest BCUT2D eigenvalue weighted by Crippen LogP contribution is -2.28. The van der Waals surface area contributed by atoms with Gasteiger partial charge in [-0.15, -0.1) is 0 Å². The topological polar surface area (TPSA) is 74.2 Å². The van der Waals surface area contributed by atoms with Crippen LogP contribution in [0.2, 0.25) is 0 Å². The summed E-state index contributed by atoms with van der Waals surface area (Å²) in [4.78, 5) is 14.2. The predicted octanol–water partition coefficient (Wildman–Crippen LogP) is 2.76. The fourth-order valence-corrected chi connectivity index (χ4v) is 3.82. The summed E-state index contributed by atoms with van der Waals surface area (Å²) >= 11 is 0. The summed E-state index contributed by atoms with van der Waals surface area (Å²) in [6.45, 7) is 1.30. The van der Waals surface area contributed by atoms with Gasteiger partial charge in [-0.05, 0) is 42.3 Å². The van der Waals surface area contributed by atoms with Crippen LogP contribution in [0.1, 0.15) is 16.7 Å². The average molecular weight is 373 g/mol. The number of halogens is 2. The number of likely N-dealkylation sites (N-methyl/N-ethyl adjacent to an activating group) is 1. The molecule has 4 rings (SSSR count). The first-order valence-corrected chi connectivity index (χ1v) is 8.39. The summed E-state index contributed by atoms with van der Waals surface area (Å²) in [6.07, 6.45) is 0.636. The number of benzene rings is 2. The number of ether oxygens (including phenoxy) is 1. The van der Waals surface area contributed by atoms with Crippen LogP contribution in [0.25, 0.3) is 11.1 Å². The van der Waals surface area contributed by atoms with Crippen molar-refractivity contribution in [1.29, 1.82) is 0 Å². The van der Waals surface area contributed by atoms with E-state index in [9.17, 15) is 18.8 Å². The van der Waals surface area contributed by atoms with E-state index >= 15 is 0 Å². The normalized spacial score (nSPS) is 17.6. The molecule has 0 atom stereocenters. The molecule has 2 N–H and O–H groups in total. The Kier molecular flexibility index (Phi) is 4.07. The van der Waals surface area contributed by atoms with E-state index in [1.165, 1.54) is 13.2 Å². The second-order valence-corrected chi connectivity index (χ2v) is 6.66. The van der Waals surface area contributed by atoms with Crippen LogP contribution >= 0.6 is 0 Å². The minimum Gasteiger partial charge on any atom is -0.493 e. The molecule has 1 amide bonds. The Bertz CT molecular complexity index is 1000. The molecule has 2 heterocycles. The second kappa shape index (κ2) is 6.31. The monoisotopic (exact) mass is 373 g/mol. The highest BCUT2D eigenvalue weighted by atomic mass is 19.1.